The Morgan fingerprint density at radius 2 is 1.83 bits per heavy atom. The van der Waals surface area contributed by atoms with Crippen molar-refractivity contribution in [2.24, 2.45) is 0 Å². The highest BCUT2D eigenvalue weighted by Crippen LogP contribution is 2.12. The van der Waals surface area contributed by atoms with Crippen LogP contribution in [0.2, 0.25) is 0 Å². The van der Waals surface area contributed by atoms with Gasteiger partial charge in [0.2, 0.25) is 0 Å². The van der Waals surface area contributed by atoms with Gasteiger partial charge >= 0.3 is 0 Å². The van der Waals surface area contributed by atoms with Gasteiger partial charge in [0.1, 0.15) is 11.0 Å². The Balaban J connectivity index is 1.94. The summed E-state index contributed by atoms with van der Waals surface area (Å²) in [6.45, 7) is 0.686. The van der Waals surface area contributed by atoms with Crippen molar-refractivity contribution in [3.63, 3.8) is 0 Å². The molecule has 0 unspecified atom stereocenters. The second-order valence-corrected chi connectivity index (χ2v) is 4.18. The van der Waals surface area contributed by atoms with Gasteiger partial charge in [-0.15, -0.1) is 0 Å². The predicted molar refractivity (Wildman–Crippen MR) is 69.0 cm³/mol. The summed E-state index contributed by atoms with van der Waals surface area (Å²) < 4.78 is 1.87. The van der Waals surface area contributed by atoms with Crippen LogP contribution in [-0.4, -0.2) is 19.9 Å². The van der Waals surface area contributed by atoms with Crippen LogP contribution >= 0.6 is 0 Å². The molecular formula is C14H13N3O. The lowest BCUT2D eigenvalue weighted by Crippen LogP contribution is -1.99. The summed E-state index contributed by atoms with van der Waals surface area (Å²) in [6, 6.07) is 13.8. The van der Waals surface area contributed by atoms with Crippen molar-refractivity contribution < 1.29 is 5.11 Å². The largest absolute Gasteiger partial charge is 0.390 e. The lowest BCUT2D eigenvalue weighted by molar-refractivity contribution is 0.277. The van der Waals surface area contributed by atoms with Gasteiger partial charge in [-0.3, -0.25) is 4.68 Å². The lowest BCUT2D eigenvalue weighted by Gasteiger charge is -1.99. The fourth-order valence-corrected chi connectivity index (χ4v) is 1.94. The van der Waals surface area contributed by atoms with Gasteiger partial charge in [0.25, 0.3) is 0 Å². The molecule has 0 amide bonds. The third kappa shape index (κ3) is 2.10. The number of aliphatic hydroxyl groups excluding tert-OH is 1. The highest BCUT2D eigenvalue weighted by Gasteiger charge is 2.03. The van der Waals surface area contributed by atoms with Crippen LogP contribution in [0.4, 0.5) is 0 Å². The number of hydrogen-bond donors (Lipinski definition) is 1. The van der Waals surface area contributed by atoms with E-state index in [1.807, 2.05) is 35.1 Å². The van der Waals surface area contributed by atoms with E-state index in [1.165, 1.54) is 5.56 Å². The first-order valence-electron chi connectivity index (χ1n) is 5.83. The minimum Gasteiger partial charge on any atom is -0.390 e. The van der Waals surface area contributed by atoms with Gasteiger partial charge in [0, 0.05) is 0 Å². The van der Waals surface area contributed by atoms with E-state index in [-0.39, 0.29) is 6.61 Å². The van der Waals surface area contributed by atoms with Crippen LogP contribution in [-0.2, 0) is 13.2 Å². The number of rotatable bonds is 3. The van der Waals surface area contributed by atoms with E-state index < -0.39 is 0 Å². The van der Waals surface area contributed by atoms with E-state index in [9.17, 15) is 0 Å². The molecule has 2 aromatic heterocycles. The Kier molecular flexibility index (Phi) is 2.78. The van der Waals surface area contributed by atoms with Crippen molar-refractivity contribution in [1.29, 1.82) is 0 Å². The van der Waals surface area contributed by atoms with Gasteiger partial charge in [0.05, 0.1) is 25.0 Å². The number of benzene rings is 1. The van der Waals surface area contributed by atoms with E-state index in [0.29, 0.717) is 5.69 Å². The molecule has 3 aromatic rings. The minimum absolute atomic E-state index is 0.0419. The zero-order valence-electron chi connectivity index (χ0n) is 9.82. The SMILES string of the molecule is OCc1ccc2nn(Cc3ccccc3)cc2n1. The first-order valence-corrected chi connectivity index (χ1v) is 5.83. The van der Waals surface area contributed by atoms with Crippen LogP contribution < -0.4 is 0 Å². The van der Waals surface area contributed by atoms with Crippen molar-refractivity contribution in [1.82, 2.24) is 14.8 Å². The average Bonchev–Trinajstić information content (AvgIpc) is 2.80. The first kappa shape index (κ1) is 10.9. The molecule has 0 saturated heterocycles. The zero-order chi connectivity index (χ0) is 12.4. The highest BCUT2D eigenvalue weighted by molar-refractivity contribution is 5.73. The topological polar surface area (TPSA) is 50.9 Å². The van der Waals surface area contributed by atoms with Gasteiger partial charge in [-0.05, 0) is 17.7 Å². The normalized spacial score (nSPS) is 10.9. The summed E-state index contributed by atoms with van der Waals surface area (Å²) in [5, 5.41) is 13.5. The summed E-state index contributed by atoms with van der Waals surface area (Å²) in [5.74, 6) is 0. The Morgan fingerprint density at radius 1 is 1.00 bits per heavy atom. The van der Waals surface area contributed by atoms with Crippen LogP contribution in [0.3, 0.4) is 0 Å². The molecule has 90 valence electrons. The molecule has 3 rings (SSSR count). The molecule has 4 nitrogen and oxygen atoms in total. The summed E-state index contributed by atoms with van der Waals surface area (Å²) in [6.07, 6.45) is 1.90. The molecule has 2 heterocycles. The second-order valence-electron chi connectivity index (χ2n) is 4.18. The molecule has 0 radical (unpaired) electrons. The third-order valence-corrected chi connectivity index (χ3v) is 2.82. The van der Waals surface area contributed by atoms with Gasteiger partial charge in [0.15, 0.2) is 0 Å². The molecule has 0 atom stereocenters. The molecule has 1 N–H and O–H groups in total. The molecule has 0 aliphatic heterocycles. The quantitative estimate of drug-likeness (QED) is 0.760. The van der Waals surface area contributed by atoms with Crippen molar-refractivity contribution in [2.45, 2.75) is 13.2 Å². The van der Waals surface area contributed by atoms with E-state index in [0.717, 1.165) is 17.6 Å². The monoisotopic (exact) mass is 239 g/mol. The number of pyridine rings is 1. The van der Waals surface area contributed by atoms with Crippen LogP contribution in [0.5, 0.6) is 0 Å². The molecule has 0 aliphatic carbocycles. The van der Waals surface area contributed by atoms with Gasteiger partial charge in [-0.25, -0.2) is 4.98 Å². The molecule has 18 heavy (non-hydrogen) atoms. The molecule has 0 fully saturated rings. The van der Waals surface area contributed by atoms with E-state index in [4.69, 9.17) is 5.11 Å². The smallest absolute Gasteiger partial charge is 0.111 e. The fraction of sp³-hybridized carbons (Fsp3) is 0.143. The number of aliphatic hydroxyl groups is 1. The number of hydrogen-bond acceptors (Lipinski definition) is 3. The average molecular weight is 239 g/mol. The second kappa shape index (κ2) is 4.58. The highest BCUT2D eigenvalue weighted by atomic mass is 16.3. The number of fused-ring (bicyclic) bond motifs is 1. The first-order chi connectivity index (χ1) is 8.85. The number of aromatic nitrogens is 3. The van der Waals surface area contributed by atoms with E-state index >= 15 is 0 Å². The Bertz CT molecular complexity index is 661. The summed E-state index contributed by atoms with van der Waals surface area (Å²) in [5.41, 5.74) is 3.54. The van der Waals surface area contributed by atoms with Crippen molar-refractivity contribution in [3.8, 4) is 0 Å². The molecule has 0 spiro atoms. The Morgan fingerprint density at radius 3 is 2.61 bits per heavy atom. The predicted octanol–water partition coefficient (Wildman–Crippen LogP) is 1.97. The standard InChI is InChI=1S/C14H13N3O/c18-10-12-6-7-13-14(15-12)9-17(16-13)8-11-4-2-1-3-5-11/h1-7,9,18H,8,10H2. The molecule has 0 bridgehead atoms. The maximum absolute atomic E-state index is 9.05. The Labute approximate surface area is 105 Å². The van der Waals surface area contributed by atoms with Crippen LogP contribution in [0.25, 0.3) is 11.0 Å². The summed E-state index contributed by atoms with van der Waals surface area (Å²) in [4.78, 5) is 4.32. The molecule has 0 saturated carbocycles. The van der Waals surface area contributed by atoms with Gasteiger partial charge in [-0.2, -0.15) is 5.10 Å². The minimum atomic E-state index is -0.0419. The Hall–Kier alpha value is -2.20. The van der Waals surface area contributed by atoms with Gasteiger partial charge in [-0.1, -0.05) is 30.3 Å². The fourth-order valence-electron chi connectivity index (χ4n) is 1.94. The van der Waals surface area contributed by atoms with E-state index in [1.54, 1.807) is 6.07 Å². The molecular weight excluding hydrogens is 226 g/mol. The lowest BCUT2D eigenvalue weighted by atomic mass is 10.2. The van der Waals surface area contributed by atoms with Crippen LogP contribution in [0, 0.1) is 0 Å². The summed E-state index contributed by atoms with van der Waals surface area (Å²) in [7, 11) is 0. The molecule has 4 heteroatoms. The van der Waals surface area contributed by atoms with Crippen molar-refractivity contribution in [2.75, 3.05) is 0 Å². The van der Waals surface area contributed by atoms with Crippen molar-refractivity contribution in [3.05, 3.63) is 59.9 Å². The van der Waals surface area contributed by atoms with Crippen LogP contribution in [0.15, 0.2) is 48.7 Å². The molecule has 0 aliphatic rings. The van der Waals surface area contributed by atoms with Crippen LogP contribution in [0.1, 0.15) is 11.3 Å². The maximum atomic E-state index is 9.05. The maximum Gasteiger partial charge on any atom is 0.111 e. The zero-order valence-corrected chi connectivity index (χ0v) is 9.82. The number of nitrogens with zero attached hydrogens (tertiary/aromatic N) is 3. The summed E-state index contributed by atoms with van der Waals surface area (Å²) >= 11 is 0. The third-order valence-electron chi connectivity index (χ3n) is 2.82. The van der Waals surface area contributed by atoms with Gasteiger partial charge < -0.3 is 5.11 Å². The van der Waals surface area contributed by atoms with Crippen molar-refractivity contribution >= 4 is 11.0 Å². The van der Waals surface area contributed by atoms with E-state index in [2.05, 4.69) is 22.2 Å². The molecule has 1 aromatic carbocycles.